The summed E-state index contributed by atoms with van der Waals surface area (Å²) in [5.74, 6) is 0.732. The van der Waals surface area contributed by atoms with Crippen LogP contribution in [0.15, 0.2) is 16.1 Å². The Balaban J connectivity index is 2.37. The summed E-state index contributed by atoms with van der Waals surface area (Å²) in [6.45, 7) is 4.23. The van der Waals surface area contributed by atoms with E-state index in [0.717, 1.165) is 5.96 Å². The third-order valence-electron chi connectivity index (χ3n) is 2.69. The molecule has 0 radical (unpaired) electrons. The molecule has 0 fully saturated rings. The van der Waals surface area contributed by atoms with E-state index in [1.165, 1.54) is 15.3 Å². The Morgan fingerprint density at radius 2 is 2.06 bits per heavy atom. The summed E-state index contributed by atoms with van der Waals surface area (Å²) >= 11 is 8.09. The monoisotopic (exact) mass is 269 g/mol. The number of halogens is 1. The molecule has 2 unspecified atom stereocenters. The average molecular weight is 270 g/mol. The predicted octanol–water partition coefficient (Wildman–Crippen LogP) is 3.02. The molecule has 0 saturated heterocycles. The van der Waals surface area contributed by atoms with Gasteiger partial charge in [0.15, 0.2) is 0 Å². The number of hydrogen-bond donors (Lipinski definition) is 0. The van der Waals surface area contributed by atoms with E-state index in [2.05, 4.69) is 29.9 Å². The van der Waals surface area contributed by atoms with Gasteiger partial charge in [0.25, 0.3) is 0 Å². The summed E-state index contributed by atoms with van der Waals surface area (Å²) in [4.78, 5) is 13.4. The van der Waals surface area contributed by atoms with Gasteiger partial charge in [0.1, 0.15) is 6.04 Å². The fourth-order valence-corrected chi connectivity index (χ4v) is 3.08. The van der Waals surface area contributed by atoms with Gasteiger partial charge in [-0.3, -0.25) is 0 Å². The minimum absolute atomic E-state index is 0.0171. The maximum absolute atomic E-state index is 6.30. The fourth-order valence-electron chi connectivity index (χ4n) is 1.86. The maximum atomic E-state index is 6.30. The number of hydrogen-bond acceptors (Lipinski definition) is 4. The highest BCUT2D eigenvalue weighted by atomic mass is 35.5. The van der Waals surface area contributed by atoms with Crippen molar-refractivity contribution in [3.05, 3.63) is 21.4 Å². The topological polar surface area (TPSA) is 28.0 Å². The van der Waals surface area contributed by atoms with E-state index in [-0.39, 0.29) is 11.4 Å². The maximum Gasteiger partial charge on any atom is 0.220 e. The zero-order chi connectivity index (χ0) is 12.6. The van der Waals surface area contributed by atoms with Crippen molar-refractivity contribution in [3.8, 4) is 0 Å². The SMILES string of the molecule is Cc1cc(C2N=C(N(C)C)N=CC2Cl)c(C)s1. The molecule has 1 aromatic rings. The van der Waals surface area contributed by atoms with Crippen LogP contribution in [-0.4, -0.2) is 36.5 Å². The highest BCUT2D eigenvalue weighted by Crippen LogP contribution is 2.33. The zero-order valence-corrected chi connectivity index (χ0v) is 12.0. The summed E-state index contributed by atoms with van der Waals surface area (Å²) in [5.41, 5.74) is 1.22. The van der Waals surface area contributed by atoms with E-state index in [1.807, 2.05) is 19.0 Å². The van der Waals surface area contributed by atoms with Crippen molar-refractivity contribution in [1.29, 1.82) is 0 Å². The second-order valence-corrected chi connectivity index (χ2v) is 6.32. The van der Waals surface area contributed by atoms with E-state index in [0.29, 0.717) is 0 Å². The molecule has 0 aliphatic carbocycles. The fraction of sp³-hybridized carbons (Fsp3) is 0.500. The third kappa shape index (κ3) is 2.53. The van der Waals surface area contributed by atoms with Crippen LogP contribution in [0.1, 0.15) is 21.4 Å². The molecule has 1 aliphatic rings. The molecule has 3 nitrogen and oxygen atoms in total. The van der Waals surface area contributed by atoms with Crippen LogP contribution < -0.4 is 0 Å². The third-order valence-corrected chi connectivity index (χ3v) is 4.02. The van der Waals surface area contributed by atoms with Gasteiger partial charge in [0.05, 0.1) is 5.38 Å². The van der Waals surface area contributed by atoms with Crippen molar-refractivity contribution in [2.45, 2.75) is 25.3 Å². The summed E-state index contributed by atoms with van der Waals surface area (Å²) in [6, 6.07) is 2.16. The number of rotatable bonds is 1. The first kappa shape index (κ1) is 12.6. The molecule has 1 aromatic heterocycles. The molecule has 0 bridgehead atoms. The quantitative estimate of drug-likeness (QED) is 0.721. The van der Waals surface area contributed by atoms with Crippen LogP contribution in [0.4, 0.5) is 0 Å². The second-order valence-electron chi connectivity index (χ2n) is 4.36. The van der Waals surface area contributed by atoms with E-state index in [1.54, 1.807) is 17.6 Å². The lowest BCUT2D eigenvalue weighted by molar-refractivity contribution is 0.593. The van der Waals surface area contributed by atoms with Crippen molar-refractivity contribution in [2.24, 2.45) is 9.98 Å². The van der Waals surface area contributed by atoms with Gasteiger partial charge in [0, 0.05) is 30.1 Å². The first-order chi connectivity index (χ1) is 7.99. The zero-order valence-electron chi connectivity index (χ0n) is 10.4. The lowest BCUT2D eigenvalue weighted by Gasteiger charge is -2.23. The molecular weight excluding hydrogens is 254 g/mol. The van der Waals surface area contributed by atoms with Crippen molar-refractivity contribution in [2.75, 3.05) is 14.1 Å². The summed E-state index contributed by atoms with van der Waals surface area (Å²) in [6.07, 6.45) is 1.78. The molecule has 5 heteroatoms. The molecular formula is C12H16ClN3S. The van der Waals surface area contributed by atoms with Crippen molar-refractivity contribution >= 4 is 35.1 Å². The highest BCUT2D eigenvalue weighted by molar-refractivity contribution is 7.12. The molecule has 0 amide bonds. The largest absolute Gasteiger partial charge is 0.347 e. The van der Waals surface area contributed by atoms with Gasteiger partial charge in [-0.25, -0.2) is 9.98 Å². The number of aliphatic imine (C=N–C) groups is 2. The predicted molar refractivity (Wildman–Crippen MR) is 75.8 cm³/mol. The molecule has 2 atom stereocenters. The molecule has 17 heavy (non-hydrogen) atoms. The van der Waals surface area contributed by atoms with Gasteiger partial charge >= 0.3 is 0 Å². The minimum Gasteiger partial charge on any atom is -0.347 e. The molecule has 0 N–H and O–H groups in total. The molecule has 1 aliphatic heterocycles. The summed E-state index contributed by atoms with van der Waals surface area (Å²) in [7, 11) is 3.88. The standard InChI is InChI=1S/C12H16ClN3S/c1-7-5-9(8(2)17-7)11-10(13)6-14-12(15-11)16(3)4/h5-6,10-11H,1-4H3. The van der Waals surface area contributed by atoms with Crippen molar-refractivity contribution < 1.29 is 0 Å². The Bertz CT molecular complexity index is 476. The Kier molecular flexibility index (Phi) is 3.54. The average Bonchev–Trinajstić information content (AvgIpc) is 2.58. The lowest BCUT2D eigenvalue weighted by atomic mass is 10.0. The van der Waals surface area contributed by atoms with Crippen LogP contribution in [0.25, 0.3) is 0 Å². The molecule has 92 valence electrons. The Hall–Kier alpha value is -0.870. The molecule has 2 heterocycles. The van der Waals surface area contributed by atoms with E-state index in [4.69, 9.17) is 11.6 Å². The number of aryl methyl sites for hydroxylation is 2. The number of alkyl halides is 1. The minimum atomic E-state index is -0.161. The first-order valence-corrected chi connectivity index (χ1v) is 6.74. The van der Waals surface area contributed by atoms with Gasteiger partial charge in [-0.2, -0.15) is 0 Å². The smallest absolute Gasteiger partial charge is 0.220 e. The number of thiophene rings is 1. The Morgan fingerprint density at radius 1 is 1.35 bits per heavy atom. The van der Waals surface area contributed by atoms with Crippen LogP contribution >= 0.6 is 22.9 Å². The van der Waals surface area contributed by atoms with Crippen LogP contribution in [0, 0.1) is 13.8 Å². The van der Waals surface area contributed by atoms with Gasteiger partial charge in [-0.05, 0) is 25.5 Å². The van der Waals surface area contributed by atoms with E-state index >= 15 is 0 Å². The van der Waals surface area contributed by atoms with Gasteiger partial charge in [-0.15, -0.1) is 22.9 Å². The number of nitrogens with zero attached hydrogens (tertiary/aromatic N) is 3. The summed E-state index contributed by atoms with van der Waals surface area (Å²) < 4.78 is 0. The van der Waals surface area contributed by atoms with E-state index < -0.39 is 0 Å². The number of guanidine groups is 1. The van der Waals surface area contributed by atoms with Gasteiger partial charge in [0.2, 0.25) is 5.96 Å². The second kappa shape index (κ2) is 4.78. The lowest BCUT2D eigenvalue weighted by Crippen LogP contribution is -2.28. The van der Waals surface area contributed by atoms with Crippen LogP contribution in [-0.2, 0) is 0 Å². The van der Waals surface area contributed by atoms with Gasteiger partial charge < -0.3 is 4.90 Å². The van der Waals surface area contributed by atoms with E-state index in [9.17, 15) is 0 Å². The normalized spacial score (nSPS) is 23.7. The van der Waals surface area contributed by atoms with Crippen molar-refractivity contribution in [3.63, 3.8) is 0 Å². The van der Waals surface area contributed by atoms with Crippen LogP contribution in [0.2, 0.25) is 0 Å². The van der Waals surface area contributed by atoms with Crippen LogP contribution in [0.3, 0.4) is 0 Å². The molecule has 0 saturated carbocycles. The first-order valence-electron chi connectivity index (χ1n) is 5.49. The summed E-state index contributed by atoms with van der Waals surface area (Å²) in [5, 5.41) is -0.161. The van der Waals surface area contributed by atoms with Gasteiger partial charge in [-0.1, -0.05) is 0 Å². The highest BCUT2D eigenvalue weighted by Gasteiger charge is 2.26. The Morgan fingerprint density at radius 3 is 2.59 bits per heavy atom. The van der Waals surface area contributed by atoms with Crippen LogP contribution in [0.5, 0.6) is 0 Å². The molecule has 0 aromatic carbocycles. The van der Waals surface area contributed by atoms with Crippen molar-refractivity contribution in [1.82, 2.24) is 4.90 Å². The molecule has 2 rings (SSSR count). The molecule has 0 spiro atoms. The Labute approximate surface area is 111 Å².